The van der Waals surface area contributed by atoms with E-state index in [4.69, 9.17) is 5.73 Å². The number of hydrogen-bond donors (Lipinski definition) is 2. The topological polar surface area (TPSA) is 38.0 Å². The summed E-state index contributed by atoms with van der Waals surface area (Å²) in [6, 6.07) is 2.22. The Balaban J connectivity index is 2.83. The van der Waals surface area contributed by atoms with Gasteiger partial charge in [0.05, 0.1) is 6.54 Å². The largest absolute Gasteiger partial charge is 0.401 e. The van der Waals surface area contributed by atoms with Crippen LogP contribution < -0.4 is 11.1 Å². The van der Waals surface area contributed by atoms with Gasteiger partial charge in [0.25, 0.3) is 0 Å². The van der Waals surface area contributed by atoms with E-state index in [-0.39, 0.29) is 12.1 Å². The number of nitrogens with two attached hydrogens (primary N) is 1. The highest BCUT2D eigenvalue weighted by Gasteiger charge is 2.29. The van der Waals surface area contributed by atoms with Crippen LogP contribution in [0.5, 0.6) is 0 Å². The van der Waals surface area contributed by atoms with Gasteiger partial charge in [0.1, 0.15) is 0 Å². The van der Waals surface area contributed by atoms with Gasteiger partial charge in [-0.3, -0.25) is 0 Å². The molecule has 17 heavy (non-hydrogen) atoms. The van der Waals surface area contributed by atoms with Gasteiger partial charge in [-0.25, -0.2) is 8.78 Å². The Morgan fingerprint density at radius 2 is 1.88 bits per heavy atom. The molecule has 0 aliphatic rings. The lowest BCUT2D eigenvalue weighted by Gasteiger charge is -2.19. The van der Waals surface area contributed by atoms with Crippen LogP contribution in [0.3, 0.4) is 0 Å². The average Bonchev–Trinajstić information content (AvgIpc) is 2.23. The Morgan fingerprint density at radius 1 is 1.24 bits per heavy atom. The number of alkyl halides is 3. The maximum absolute atomic E-state index is 13.3. The molecule has 1 aromatic rings. The summed E-state index contributed by atoms with van der Waals surface area (Å²) in [5, 5.41) is 2.04. The Morgan fingerprint density at radius 3 is 2.41 bits per heavy atom. The molecule has 1 unspecified atom stereocenters. The van der Waals surface area contributed by atoms with E-state index >= 15 is 0 Å². The predicted molar refractivity (Wildman–Crippen MR) is 52.2 cm³/mol. The van der Waals surface area contributed by atoms with Crippen LogP contribution in [0.15, 0.2) is 18.2 Å². The molecule has 7 heteroatoms. The maximum Gasteiger partial charge on any atom is 0.401 e. The third kappa shape index (κ3) is 3.94. The van der Waals surface area contributed by atoms with Crippen molar-refractivity contribution in [2.24, 2.45) is 5.73 Å². The molecule has 0 amide bonds. The second-order valence-corrected chi connectivity index (χ2v) is 3.43. The first-order valence-electron chi connectivity index (χ1n) is 4.79. The zero-order valence-corrected chi connectivity index (χ0v) is 8.69. The van der Waals surface area contributed by atoms with E-state index in [2.05, 4.69) is 0 Å². The lowest BCUT2D eigenvalue weighted by atomic mass is 10.1. The first-order chi connectivity index (χ1) is 7.85. The van der Waals surface area contributed by atoms with Crippen molar-refractivity contribution in [3.63, 3.8) is 0 Å². The predicted octanol–water partition coefficient (Wildman–Crippen LogP) is 2.12. The van der Waals surface area contributed by atoms with E-state index in [9.17, 15) is 22.0 Å². The van der Waals surface area contributed by atoms with Gasteiger partial charge in [-0.15, -0.1) is 0 Å². The molecule has 0 spiro atoms. The summed E-state index contributed by atoms with van der Waals surface area (Å²) in [5.41, 5.74) is 5.02. The second-order valence-electron chi connectivity index (χ2n) is 3.43. The van der Waals surface area contributed by atoms with Gasteiger partial charge in [-0.2, -0.15) is 13.2 Å². The molecule has 3 N–H and O–H groups in total. The fourth-order valence-electron chi connectivity index (χ4n) is 1.35. The molecule has 0 heterocycles. The molecule has 0 saturated carbocycles. The number of nitrogens with one attached hydrogen (secondary N) is 1. The standard InChI is InChI=1S/C10H11F5N2/c11-7-3-1-2-6(9(7)12)8(4-16)17-5-10(13,14)15/h1-3,8,17H,4-5,16H2. The van der Waals surface area contributed by atoms with Crippen molar-refractivity contribution in [1.29, 1.82) is 0 Å². The van der Waals surface area contributed by atoms with Crippen molar-refractivity contribution in [3.05, 3.63) is 35.4 Å². The van der Waals surface area contributed by atoms with Gasteiger partial charge in [0, 0.05) is 18.2 Å². The third-order valence-corrected chi connectivity index (χ3v) is 2.14. The zero-order valence-electron chi connectivity index (χ0n) is 8.69. The molecule has 0 aliphatic heterocycles. The van der Waals surface area contributed by atoms with Gasteiger partial charge >= 0.3 is 6.18 Å². The molecule has 0 aromatic heterocycles. The molecule has 0 aliphatic carbocycles. The summed E-state index contributed by atoms with van der Waals surface area (Å²) in [6.07, 6.45) is -4.43. The summed E-state index contributed by atoms with van der Waals surface area (Å²) >= 11 is 0. The van der Waals surface area contributed by atoms with E-state index in [1.807, 2.05) is 5.32 Å². The van der Waals surface area contributed by atoms with Crippen LogP contribution in [0.1, 0.15) is 11.6 Å². The first kappa shape index (κ1) is 13.9. The van der Waals surface area contributed by atoms with Gasteiger partial charge in [-0.1, -0.05) is 12.1 Å². The molecule has 0 radical (unpaired) electrons. The van der Waals surface area contributed by atoms with Crippen LogP contribution in [-0.2, 0) is 0 Å². The van der Waals surface area contributed by atoms with E-state index in [0.29, 0.717) is 0 Å². The summed E-state index contributed by atoms with van der Waals surface area (Å²) in [6.45, 7) is -1.58. The summed E-state index contributed by atoms with van der Waals surface area (Å²) in [4.78, 5) is 0. The van der Waals surface area contributed by atoms with Gasteiger partial charge < -0.3 is 11.1 Å². The van der Waals surface area contributed by atoms with Crippen molar-refractivity contribution in [3.8, 4) is 0 Å². The monoisotopic (exact) mass is 254 g/mol. The van der Waals surface area contributed by atoms with Crippen LogP contribution in [0, 0.1) is 11.6 Å². The number of hydrogen-bond acceptors (Lipinski definition) is 2. The molecule has 0 fully saturated rings. The smallest absolute Gasteiger partial charge is 0.329 e. The molecule has 96 valence electrons. The summed E-state index contributed by atoms with van der Waals surface area (Å²) < 4.78 is 62.1. The molecule has 1 atom stereocenters. The molecule has 1 rings (SSSR count). The van der Waals surface area contributed by atoms with E-state index in [1.165, 1.54) is 12.1 Å². The Bertz CT molecular complexity index is 377. The van der Waals surface area contributed by atoms with E-state index < -0.39 is 30.4 Å². The summed E-state index contributed by atoms with van der Waals surface area (Å²) in [7, 11) is 0. The molecule has 1 aromatic carbocycles. The highest BCUT2D eigenvalue weighted by atomic mass is 19.4. The minimum Gasteiger partial charge on any atom is -0.329 e. The highest BCUT2D eigenvalue weighted by Crippen LogP contribution is 2.20. The van der Waals surface area contributed by atoms with E-state index in [0.717, 1.165) is 6.07 Å². The van der Waals surface area contributed by atoms with Crippen molar-refractivity contribution in [2.75, 3.05) is 13.1 Å². The SMILES string of the molecule is NCC(NCC(F)(F)F)c1cccc(F)c1F. The van der Waals surface area contributed by atoms with Crippen LogP contribution in [0.25, 0.3) is 0 Å². The lowest BCUT2D eigenvalue weighted by molar-refractivity contribution is -0.126. The Hall–Kier alpha value is -1.21. The normalized spacial score (nSPS) is 13.8. The van der Waals surface area contributed by atoms with Crippen LogP contribution in [0.2, 0.25) is 0 Å². The summed E-state index contributed by atoms with van der Waals surface area (Å²) in [5.74, 6) is -2.30. The zero-order chi connectivity index (χ0) is 13.1. The fraction of sp³-hybridized carbons (Fsp3) is 0.400. The molecule has 0 bridgehead atoms. The van der Waals surface area contributed by atoms with Gasteiger partial charge in [-0.05, 0) is 6.07 Å². The van der Waals surface area contributed by atoms with Gasteiger partial charge in [0.2, 0.25) is 0 Å². The van der Waals surface area contributed by atoms with Crippen molar-refractivity contribution in [2.45, 2.75) is 12.2 Å². The number of halogens is 5. The van der Waals surface area contributed by atoms with Crippen molar-refractivity contribution >= 4 is 0 Å². The van der Waals surface area contributed by atoms with Crippen LogP contribution in [0.4, 0.5) is 22.0 Å². The third-order valence-electron chi connectivity index (χ3n) is 2.14. The quantitative estimate of drug-likeness (QED) is 0.808. The average molecular weight is 254 g/mol. The molecule has 0 saturated heterocycles. The Labute approximate surface area is 94.6 Å². The maximum atomic E-state index is 13.3. The minimum absolute atomic E-state index is 0.211. The highest BCUT2D eigenvalue weighted by molar-refractivity contribution is 5.22. The first-order valence-corrected chi connectivity index (χ1v) is 4.79. The van der Waals surface area contributed by atoms with Crippen molar-refractivity contribution in [1.82, 2.24) is 5.32 Å². The van der Waals surface area contributed by atoms with Crippen LogP contribution >= 0.6 is 0 Å². The molecule has 2 nitrogen and oxygen atoms in total. The fourth-order valence-corrected chi connectivity index (χ4v) is 1.35. The van der Waals surface area contributed by atoms with Crippen LogP contribution in [-0.4, -0.2) is 19.3 Å². The Kier molecular flexibility index (Phi) is 4.41. The second kappa shape index (κ2) is 5.42. The minimum atomic E-state index is -4.43. The number of rotatable bonds is 4. The van der Waals surface area contributed by atoms with Crippen molar-refractivity contribution < 1.29 is 22.0 Å². The lowest BCUT2D eigenvalue weighted by Crippen LogP contribution is -2.36. The van der Waals surface area contributed by atoms with E-state index in [1.54, 1.807) is 0 Å². The molecular formula is C10H11F5N2. The molecular weight excluding hydrogens is 243 g/mol. The van der Waals surface area contributed by atoms with Gasteiger partial charge in [0.15, 0.2) is 11.6 Å². The number of benzene rings is 1.